The number of hydrogen-bond donors (Lipinski definition) is 7. The van der Waals surface area contributed by atoms with Gasteiger partial charge in [0.05, 0.1) is 37.4 Å². The summed E-state index contributed by atoms with van der Waals surface area (Å²) in [7, 11) is 0. The van der Waals surface area contributed by atoms with Crippen LogP contribution in [0.2, 0.25) is 0 Å². The number of thiazole rings is 1. The van der Waals surface area contributed by atoms with Crippen molar-refractivity contribution in [1.82, 2.24) is 31.6 Å². The van der Waals surface area contributed by atoms with Crippen molar-refractivity contribution in [2.75, 3.05) is 36.1 Å². The van der Waals surface area contributed by atoms with Crippen molar-refractivity contribution in [2.24, 2.45) is 26.8 Å². The van der Waals surface area contributed by atoms with Gasteiger partial charge in [0.2, 0.25) is 29.5 Å². The maximum Gasteiger partial charge on any atom is 0.329 e. The van der Waals surface area contributed by atoms with Gasteiger partial charge in [0.25, 0.3) is 0 Å². The number of nitrogens with zero attached hydrogens (tertiary/aromatic N) is 4. The van der Waals surface area contributed by atoms with E-state index in [1.807, 2.05) is 45.2 Å². The van der Waals surface area contributed by atoms with Crippen LogP contribution in [-0.2, 0) is 49.6 Å². The molecule has 1 aromatic heterocycles. The number of thioether (sulfide) groups is 2. The molecule has 0 spiro atoms. The van der Waals surface area contributed by atoms with Crippen molar-refractivity contribution in [3.63, 3.8) is 0 Å². The van der Waals surface area contributed by atoms with Gasteiger partial charge < -0.3 is 36.1 Å². The zero-order valence-electron chi connectivity index (χ0n) is 38.1. The molecular formula is C44H59N9O9S5. The molecule has 5 aliphatic heterocycles. The predicted molar refractivity (Wildman–Crippen MR) is 269 cm³/mol. The number of carbonyl (C=O) groups excluding carboxylic acids is 7. The van der Waals surface area contributed by atoms with Crippen molar-refractivity contribution >= 4 is 117 Å². The number of rotatable bonds is 10. The highest BCUT2D eigenvalue weighted by Gasteiger charge is 2.42. The van der Waals surface area contributed by atoms with Crippen LogP contribution in [0.5, 0.6) is 0 Å². The molecule has 0 saturated carbocycles. The number of nitrogens with one attached hydrogen (secondary N) is 5. The van der Waals surface area contributed by atoms with Crippen LogP contribution in [0.3, 0.4) is 0 Å². The monoisotopic (exact) mass is 1020 g/mol. The van der Waals surface area contributed by atoms with Crippen LogP contribution in [0.15, 0.2) is 56.4 Å². The standard InChI is InChI=1S/C24H33N5O5S2.C20H26N4O4S3/c1-14(2)20-22(32)34-16(6-4-5-9-25-19(31)12-35)10-18(30)26-11-15-7-8-17(27-15)21-29-24(3,13-36-21)23(33)28-20;1-11(2)17-20(27)28-12(5-3-4-6-29)7-15(25)21-8-16-22-14(10-30-16)19-23-13(9-31-19)18(26)24-17/h4,6,8,14,16,20,35H,5,7,9-13H2,1-3H3,(H,25,31)(H,26,30)(H,28,33);3,5,10-13,17,29H,4,6-9H2,1-2H3,(H,21,25)(H,24,26)/b6-4+;5-3+/t16-,20+,24+;12-,13+,17+/m11/s1. The number of amides is 5. The summed E-state index contributed by atoms with van der Waals surface area (Å²) < 4.78 is 11.3. The Morgan fingerprint density at radius 2 is 1.54 bits per heavy atom. The van der Waals surface area contributed by atoms with Gasteiger partial charge in [0, 0.05) is 35.6 Å². The van der Waals surface area contributed by atoms with Crippen LogP contribution in [0.25, 0.3) is 0 Å². The molecule has 6 atom stereocenters. The molecule has 5 amide bonds. The summed E-state index contributed by atoms with van der Waals surface area (Å²) in [6, 6.07) is -2.33. The zero-order valence-corrected chi connectivity index (χ0v) is 42.3. The van der Waals surface area contributed by atoms with E-state index in [0.717, 1.165) is 10.7 Å². The number of esters is 2. The summed E-state index contributed by atoms with van der Waals surface area (Å²) in [6.07, 6.45) is 8.92. The van der Waals surface area contributed by atoms with Gasteiger partial charge in [-0.15, -0.1) is 34.9 Å². The number of ether oxygens (including phenoxy) is 2. The third-order valence-corrected chi connectivity index (χ3v) is 14.3. The first-order valence-electron chi connectivity index (χ1n) is 22.0. The van der Waals surface area contributed by atoms with E-state index in [9.17, 15) is 33.6 Å². The molecule has 0 saturated heterocycles. The Kier molecular flexibility index (Phi) is 20.6. The van der Waals surface area contributed by atoms with Crippen molar-refractivity contribution in [3.05, 3.63) is 52.2 Å². The highest BCUT2D eigenvalue weighted by atomic mass is 32.2. The second-order valence-corrected chi connectivity index (χ2v) is 20.5. The Labute approximate surface area is 414 Å². The molecule has 364 valence electrons. The number of aliphatic imine (C=N–C) groups is 3. The van der Waals surface area contributed by atoms with Crippen molar-refractivity contribution in [3.8, 4) is 0 Å². The number of thiol groups is 2. The molecule has 23 heteroatoms. The molecule has 6 rings (SSSR count). The molecule has 5 N–H and O–H groups in total. The van der Waals surface area contributed by atoms with Crippen LogP contribution in [-0.4, -0.2) is 134 Å². The lowest BCUT2D eigenvalue weighted by Gasteiger charge is -2.27. The lowest BCUT2D eigenvalue weighted by molar-refractivity contribution is -0.154. The van der Waals surface area contributed by atoms with E-state index in [1.165, 1.54) is 34.9 Å². The van der Waals surface area contributed by atoms with E-state index >= 15 is 0 Å². The number of fused-ring (bicyclic) bond motifs is 7. The van der Waals surface area contributed by atoms with Crippen LogP contribution < -0.4 is 26.6 Å². The summed E-state index contributed by atoms with van der Waals surface area (Å²) in [5, 5.41) is 18.0. The van der Waals surface area contributed by atoms with Crippen LogP contribution in [0, 0.1) is 11.8 Å². The van der Waals surface area contributed by atoms with Crippen molar-refractivity contribution in [1.29, 1.82) is 0 Å². The fourth-order valence-corrected chi connectivity index (χ4v) is 9.90. The van der Waals surface area contributed by atoms with Gasteiger partial charge in [-0.05, 0) is 49.5 Å². The first kappa shape index (κ1) is 53.5. The van der Waals surface area contributed by atoms with Crippen LogP contribution in [0.4, 0.5) is 0 Å². The quantitative estimate of drug-likeness (QED) is 0.0774. The largest absolute Gasteiger partial charge is 0.456 e. The SMILES string of the molecule is CC(C)[C@@H]1NC(=O)[C@@H]2CSC(=N2)c2csc(n2)CNC(=O)C[C@@H](/C=C/CCS)OC1=O.CC(C)[C@@H]1NC(=O)[C@]2(C)CSC(=N2)C2=CCC(=N2)CNC(=O)C[C@@H](/C=C/CCNC(=O)CS)OC1=O. The maximum atomic E-state index is 13.2. The zero-order chi connectivity index (χ0) is 48.7. The molecule has 0 radical (unpaired) electrons. The average Bonchev–Trinajstić information content (AvgIpc) is 4.13. The Morgan fingerprint density at radius 1 is 0.896 bits per heavy atom. The van der Waals surface area contributed by atoms with E-state index in [1.54, 1.807) is 25.2 Å². The summed E-state index contributed by atoms with van der Waals surface area (Å²) in [5.41, 5.74) is 1.16. The Hall–Kier alpha value is -4.45. The minimum atomic E-state index is -1.03. The lowest BCUT2D eigenvalue weighted by atomic mass is 10.0. The summed E-state index contributed by atoms with van der Waals surface area (Å²) >= 11 is 12.4. The topological polar surface area (TPSA) is 248 Å². The maximum absolute atomic E-state index is 13.2. The van der Waals surface area contributed by atoms with Gasteiger partial charge in [0.1, 0.15) is 56.7 Å². The van der Waals surface area contributed by atoms with E-state index in [2.05, 4.69) is 71.8 Å². The minimum Gasteiger partial charge on any atom is -0.456 e. The minimum absolute atomic E-state index is 0.0169. The Balaban J connectivity index is 0.000000254. The summed E-state index contributed by atoms with van der Waals surface area (Å²) in [4.78, 5) is 107. The highest BCUT2D eigenvalue weighted by molar-refractivity contribution is 8.15. The van der Waals surface area contributed by atoms with E-state index in [-0.39, 0.29) is 73.1 Å². The average molecular weight is 1020 g/mol. The third-order valence-electron chi connectivity index (χ3n) is 10.5. The number of cyclic esters (lactones) is 2. The molecule has 0 aliphatic carbocycles. The highest BCUT2D eigenvalue weighted by Crippen LogP contribution is 2.33. The van der Waals surface area contributed by atoms with E-state index < -0.39 is 47.8 Å². The van der Waals surface area contributed by atoms with Gasteiger partial charge in [-0.1, -0.05) is 45.9 Å². The normalized spacial score (nSPS) is 26.4. The van der Waals surface area contributed by atoms with Gasteiger partial charge >= 0.3 is 11.9 Å². The molecule has 6 heterocycles. The van der Waals surface area contributed by atoms with Crippen molar-refractivity contribution < 1.29 is 43.0 Å². The van der Waals surface area contributed by atoms with Crippen LogP contribution >= 0.6 is 60.1 Å². The molecule has 5 aliphatic rings. The fourth-order valence-electron chi connectivity index (χ4n) is 6.70. The molecule has 0 fully saturated rings. The second kappa shape index (κ2) is 25.8. The van der Waals surface area contributed by atoms with Crippen LogP contribution in [0.1, 0.15) is 77.4 Å². The molecule has 0 aromatic carbocycles. The van der Waals surface area contributed by atoms with Gasteiger partial charge in [-0.25, -0.2) is 14.6 Å². The first-order chi connectivity index (χ1) is 32.0. The molecule has 0 unspecified atom stereocenters. The van der Waals surface area contributed by atoms with E-state index in [4.69, 9.17) is 9.47 Å². The van der Waals surface area contributed by atoms with Gasteiger partial charge in [-0.2, -0.15) is 25.3 Å². The Bertz CT molecular complexity index is 2210. The molecular weight excluding hydrogens is 959 g/mol. The molecule has 67 heavy (non-hydrogen) atoms. The number of carbonyl (C=O) groups is 7. The lowest BCUT2D eigenvalue weighted by Crippen LogP contribution is -2.53. The third kappa shape index (κ3) is 16.1. The number of allylic oxidation sites excluding steroid dienone is 2. The second-order valence-electron chi connectivity index (χ2n) is 16.8. The molecule has 1 aromatic rings. The number of hydrogen-bond acceptors (Lipinski definition) is 18. The molecule has 8 bridgehead atoms. The predicted octanol–water partition coefficient (Wildman–Crippen LogP) is 3.14. The first-order valence-corrected chi connectivity index (χ1v) is 26.1. The summed E-state index contributed by atoms with van der Waals surface area (Å²) in [6.45, 7) is 9.97. The van der Waals surface area contributed by atoms with Gasteiger partial charge in [0.15, 0.2) is 0 Å². The Morgan fingerprint density at radius 3 is 2.18 bits per heavy atom. The number of aromatic nitrogens is 1. The summed E-state index contributed by atoms with van der Waals surface area (Å²) in [5.74, 6) is -1.39. The van der Waals surface area contributed by atoms with Gasteiger partial charge in [-0.3, -0.25) is 38.9 Å². The van der Waals surface area contributed by atoms with E-state index in [0.29, 0.717) is 64.5 Å². The van der Waals surface area contributed by atoms with Crippen molar-refractivity contribution in [2.45, 2.75) is 109 Å². The fraction of sp³-hybridized carbons (Fsp3) is 0.568. The smallest absolute Gasteiger partial charge is 0.329 e. The molecule has 18 nitrogen and oxygen atoms in total.